The van der Waals surface area contributed by atoms with E-state index in [1.165, 1.54) is 13.2 Å². The highest BCUT2D eigenvalue weighted by Gasteiger charge is 2.05. The van der Waals surface area contributed by atoms with Gasteiger partial charge in [-0.15, -0.1) is 0 Å². The summed E-state index contributed by atoms with van der Waals surface area (Å²) in [4.78, 5) is 10.5. The van der Waals surface area contributed by atoms with Crippen LogP contribution in [0.15, 0.2) is 25.0 Å². The number of carbonyl (C=O) groups is 1. The zero-order valence-electron chi connectivity index (χ0n) is 5.92. The third-order valence-corrected chi connectivity index (χ3v) is 0.788. The third kappa shape index (κ3) is 2.91. The summed E-state index contributed by atoms with van der Waals surface area (Å²) in [6.45, 7) is 6.99. The summed E-state index contributed by atoms with van der Waals surface area (Å²) in [5.41, 5.74) is 0. The Balaban J connectivity index is 3.62. The molecular formula is C7H10O3. The Hall–Kier alpha value is -1.25. The van der Waals surface area contributed by atoms with Crippen molar-refractivity contribution in [2.45, 2.75) is 0 Å². The second-order valence-corrected chi connectivity index (χ2v) is 1.51. The van der Waals surface area contributed by atoms with Crippen molar-refractivity contribution in [1.82, 2.24) is 0 Å². The molecule has 0 amide bonds. The van der Waals surface area contributed by atoms with Crippen LogP contribution < -0.4 is 0 Å². The number of ether oxygens (including phenoxy) is 2. The van der Waals surface area contributed by atoms with Gasteiger partial charge in [0.1, 0.15) is 6.61 Å². The maximum absolute atomic E-state index is 10.5. The molecule has 10 heavy (non-hydrogen) atoms. The first-order chi connectivity index (χ1) is 4.72. The van der Waals surface area contributed by atoms with E-state index in [4.69, 9.17) is 4.74 Å². The molecule has 0 N–H and O–H groups in total. The van der Waals surface area contributed by atoms with E-state index in [9.17, 15) is 4.79 Å². The Morgan fingerprint density at radius 3 is 2.70 bits per heavy atom. The van der Waals surface area contributed by atoms with Crippen molar-refractivity contribution in [3.63, 3.8) is 0 Å². The lowest BCUT2D eigenvalue weighted by molar-refractivity contribution is -0.139. The highest BCUT2D eigenvalue weighted by molar-refractivity contribution is 5.85. The summed E-state index contributed by atoms with van der Waals surface area (Å²) >= 11 is 0. The molecule has 0 saturated heterocycles. The van der Waals surface area contributed by atoms with Crippen LogP contribution in [0.4, 0.5) is 0 Å². The smallest absolute Gasteiger partial charge is 0.372 e. The minimum atomic E-state index is -0.554. The van der Waals surface area contributed by atoms with E-state index in [1.54, 1.807) is 0 Å². The third-order valence-electron chi connectivity index (χ3n) is 0.788. The zero-order chi connectivity index (χ0) is 7.98. The highest BCUT2D eigenvalue weighted by atomic mass is 16.6. The first-order valence-electron chi connectivity index (χ1n) is 2.73. The molecule has 0 heterocycles. The van der Waals surface area contributed by atoms with Crippen molar-refractivity contribution < 1.29 is 14.3 Å². The quantitative estimate of drug-likeness (QED) is 0.253. The van der Waals surface area contributed by atoms with Gasteiger partial charge in [-0.2, -0.15) is 0 Å². The van der Waals surface area contributed by atoms with Crippen LogP contribution in [0.25, 0.3) is 0 Å². The molecule has 0 aliphatic rings. The van der Waals surface area contributed by atoms with Crippen LogP contribution in [0.3, 0.4) is 0 Å². The van der Waals surface area contributed by atoms with E-state index in [-0.39, 0.29) is 12.4 Å². The second kappa shape index (κ2) is 4.61. The summed E-state index contributed by atoms with van der Waals surface area (Å²) in [6, 6.07) is 0. The Kier molecular flexibility index (Phi) is 4.04. The van der Waals surface area contributed by atoms with E-state index in [2.05, 4.69) is 17.9 Å². The summed E-state index contributed by atoms with van der Waals surface area (Å²) in [6.07, 6.45) is 1.52. The minimum Gasteiger partial charge on any atom is -0.483 e. The summed E-state index contributed by atoms with van der Waals surface area (Å²) < 4.78 is 9.07. The normalized spacial score (nSPS) is 8.10. The number of rotatable bonds is 4. The Morgan fingerprint density at radius 2 is 2.30 bits per heavy atom. The average Bonchev–Trinajstić information content (AvgIpc) is 1.98. The molecule has 0 aliphatic heterocycles. The highest BCUT2D eigenvalue weighted by Crippen LogP contribution is 1.94. The van der Waals surface area contributed by atoms with E-state index in [0.29, 0.717) is 0 Å². The molecule has 0 aromatic carbocycles. The second-order valence-electron chi connectivity index (χ2n) is 1.51. The maximum Gasteiger partial charge on any atom is 0.372 e. The van der Waals surface area contributed by atoms with E-state index in [0.717, 1.165) is 0 Å². The van der Waals surface area contributed by atoms with Gasteiger partial charge in [-0.1, -0.05) is 12.7 Å². The van der Waals surface area contributed by atoms with Gasteiger partial charge in [-0.3, -0.25) is 0 Å². The molecule has 0 aromatic heterocycles. The maximum atomic E-state index is 10.5. The molecular weight excluding hydrogens is 132 g/mol. The fourth-order valence-electron chi connectivity index (χ4n) is 0.332. The van der Waals surface area contributed by atoms with Crippen LogP contribution in [-0.2, 0) is 14.3 Å². The Labute approximate surface area is 59.9 Å². The summed E-state index contributed by atoms with van der Waals surface area (Å²) in [5, 5.41) is 0. The van der Waals surface area contributed by atoms with Gasteiger partial charge in [0.05, 0.1) is 7.11 Å². The monoisotopic (exact) mass is 142 g/mol. The number of hydrogen-bond donors (Lipinski definition) is 0. The molecule has 0 fully saturated rings. The van der Waals surface area contributed by atoms with E-state index in [1.807, 2.05) is 0 Å². The molecule has 3 nitrogen and oxygen atoms in total. The van der Waals surface area contributed by atoms with E-state index >= 15 is 0 Å². The summed E-state index contributed by atoms with van der Waals surface area (Å²) in [5.74, 6) is -0.552. The molecule has 3 heteroatoms. The van der Waals surface area contributed by atoms with Gasteiger partial charge in [0.15, 0.2) is 5.76 Å². The zero-order valence-corrected chi connectivity index (χ0v) is 5.92. The predicted molar refractivity (Wildman–Crippen MR) is 37.3 cm³/mol. The number of carbonyl (C=O) groups excluding carboxylic acids is 1. The summed E-state index contributed by atoms with van der Waals surface area (Å²) in [7, 11) is 1.27. The van der Waals surface area contributed by atoms with Crippen molar-refractivity contribution >= 4 is 5.97 Å². The van der Waals surface area contributed by atoms with Gasteiger partial charge in [0.25, 0.3) is 0 Å². The minimum absolute atomic E-state index is 0.00222. The predicted octanol–water partition coefficient (Wildman–Crippen LogP) is 0.876. The lowest BCUT2D eigenvalue weighted by Crippen LogP contribution is -2.06. The first-order valence-corrected chi connectivity index (χ1v) is 2.73. The van der Waals surface area contributed by atoms with Gasteiger partial charge in [0.2, 0.25) is 0 Å². The molecule has 0 radical (unpaired) electrons. The Bertz CT molecular complexity index is 149. The lowest BCUT2D eigenvalue weighted by atomic mass is 10.5. The van der Waals surface area contributed by atoms with Crippen molar-refractivity contribution in [1.29, 1.82) is 0 Å². The van der Waals surface area contributed by atoms with Crippen molar-refractivity contribution in [2.75, 3.05) is 13.7 Å². The molecule has 0 aliphatic carbocycles. The first kappa shape index (κ1) is 8.75. The SMILES string of the molecule is C=CCOC(=C)C(=O)OC. The van der Waals surface area contributed by atoms with Crippen LogP contribution in [0.1, 0.15) is 0 Å². The molecule has 0 unspecified atom stereocenters. The molecule has 0 rings (SSSR count). The van der Waals surface area contributed by atoms with E-state index < -0.39 is 5.97 Å². The average molecular weight is 142 g/mol. The Morgan fingerprint density at radius 1 is 1.70 bits per heavy atom. The lowest BCUT2D eigenvalue weighted by Gasteiger charge is -2.02. The number of esters is 1. The van der Waals surface area contributed by atoms with Crippen LogP contribution in [0.5, 0.6) is 0 Å². The molecule has 0 atom stereocenters. The van der Waals surface area contributed by atoms with Crippen LogP contribution in [-0.4, -0.2) is 19.7 Å². The van der Waals surface area contributed by atoms with Crippen molar-refractivity contribution in [3.8, 4) is 0 Å². The molecule has 0 aromatic rings. The van der Waals surface area contributed by atoms with Gasteiger partial charge in [-0.25, -0.2) is 4.79 Å². The fourth-order valence-corrected chi connectivity index (χ4v) is 0.332. The fraction of sp³-hybridized carbons (Fsp3) is 0.286. The standard InChI is InChI=1S/C7H10O3/c1-4-5-10-6(2)7(8)9-3/h4H,1-2,5H2,3H3. The topological polar surface area (TPSA) is 35.5 Å². The van der Waals surface area contributed by atoms with Crippen molar-refractivity contribution in [3.05, 3.63) is 25.0 Å². The van der Waals surface area contributed by atoms with Crippen LogP contribution >= 0.6 is 0 Å². The van der Waals surface area contributed by atoms with Crippen LogP contribution in [0, 0.1) is 0 Å². The van der Waals surface area contributed by atoms with Crippen LogP contribution in [0.2, 0.25) is 0 Å². The van der Waals surface area contributed by atoms with Gasteiger partial charge in [0, 0.05) is 0 Å². The number of methoxy groups -OCH3 is 1. The molecule has 0 bridgehead atoms. The molecule has 0 saturated carbocycles. The van der Waals surface area contributed by atoms with Gasteiger partial charge < -0.3 is 9.47 Å². The largest absolute Gasteiger partial charge is 0.483 e. The van der Waals surface area contributed by atoms with Gasteiger partial charge >= 0.3 is 5.97 Å². The van der Waals surface area contributed by atoms with Gasteiger partial charge in [-0.05, 0) is 6.58 Å². The van der Waals surface area contributed by atoms with Crippen molar-refractivity contribution in [2.24, 2.45) is 0 Å². The number of hydrogen-bond acceptors (Lipinski definition) is 3. The molecule has 0 spiro atoms. The molecule has 56 valence electrons.